The normalized spacial score (nSPS) is 11.0. The molecule has 1 N–H and O–H groups in total. The molecule has 108 valence electrons. The molecule has 0 aliphatic heterocycles. The molecule has 2 aromatic rings. The van der Waals surface area contributed by atoms with Crippen molar-refractivity contribution >= 4 is 29.0 Å². The maximum atomic E-state index is 11.3. The van der Waals surface area contributed by atoms with Crippen LogP contribution in [0, 0.1) is 0 Å². The fourth-order valence-corrected chi connectivity index (χ4v) is 3.48. The molecule has 0 bridgehead atoms. The average Bonchev–Trinajstić information content (AvgIpc) is 3.06. The maximum Gasteiger partial charge on any atom is 0.230 e. The van der Waals surface area contributed by atoms with Gasteiger partial charge < -0.3 is 9.88 Å². The van der Waals surface area contributed by atoms with Gasteiger partial charge in [0.25, 0.3) is 0 Å². The number of carbonyl (C=O) groups is 1. The summed E-state index contributed by atoms with van der Waals surface area (Å²) < 4.78 is 2.10. The Kier molecular flexibility index (Phi) is 5.19. The average molecular weight is 310 g/mol. The van der Waals surface area contributed by atoms with Crippen LogP contribution in [0.2, 0.25) is 0 Å². The molecule has 0 aliphatic rings. The molecular weight excluding hydrogens is 292 g/mol. The summed E-state index contributed by atoms with van der Waals surface area (Å²) >= 11 is 3.14. The van der Waals surface area contributed by atoms with Gasteiger partial charge in [-0.2, -0.15) is 0 Å². The zero-order chi connectivity index (χ0) is 14.5. The lowest BCUT2D eigenvalue weighted by Crippen LogP contribution is -2.20. The highest BCUT2D eigenvalue weighted by molar-refractivity contribution is 7.99. The summed E-state index contributed by atoms with van der Waals surface area (Å²) in [6, 6.07) is 4.41. The Bertz CT molecular complexity index is 563. The van der Waals surface area contributed by atoms with Gasteiger partial charge in [-0.25, -0.2) is 0 Å². The minimum atomic E-state index is -0.00638. The van der Waals surface area contributed by atoms with Crippen LogP contribution < -0.4 is 5.32 Å². The van der Waals surface area contributed by atoms with Crippen molar-refractivity contribution in [1.29, 1.82) is 0 Å². The van der Waals surface area contributed by atoms with Crippen molar-refractivity contribution in [2.75, 3.05) is 12.8 Å². The van der Waals surface area contributed by atoms with E-state index in [2.05, 4.69) is 45.4 Å². The molecule has 0 aliphatic carbocycles. The van der Waals surface area contributed by atoms with Gasteiger partial charge in [-0.3, -0.25) is 4.79 Å². The Balaban J connectivity index is 2.16. The predicted octanol–water partition coefficient (Wildman–Crippen LogP) is 2.35. The number of nitrogens with zero attached hydrogens (tertiary/aromatic N) is 3. The van der Waals surface area contributed by atoms with E-state index < -0.39 is 0 Å². The van der Waals surface area contributed by atoms with Gasteiger partial charge in [0.05, 0.1) is 5.75 Å². The topological polar surface area (TPSA) is 59.8 Å². The van der Waals surface area contributed by atoms with Crippen molar-refractivity contribution in [3.63, 3.8) is 0 Å². The Morgan fingerprint density at radius 2 is 2.30 bits per heavy atom. The molecule has 0 aromatic carbocycles. The Hall–Kier alpha value is -1.34. The van der Waals surface area contributed by atoms with Crippen LogP contribution in [-0.2, 0) is 11.2 Å². The second kappa shape index (κ2) is 6.90. The lowest BCUT2D eigenvalue weighted by molar-refractivity contribution is -0.118. The highest BCUT2D eigenvalue weighted by atomic mass is 32.2. The number of aromatic nitrogens is 3. The summed E-state index contributed by atoms with van der Waals surface area (Å²) in [6.07, 6.45) is 0.781. The Morgan fingerprint density at radius 3 is 2.90 bits per heavy atom. The van der Waals surface area contributed by atoms with Gasteiger partial charge in [0, 0.05) is 24.4 Å². The molecule has 0 fully saturated rings. The first kappa shape index (κ1) is 15.1. The number of nitrogens with one attached hydrogen (secondary N) is 1. The van der Waals surface area contributed by atoms with Crippen molar-refractivity contribution in [1.82, 2.24) is 20.1 Å². The summed E-state index contributed by atoms with van der Waals surface area (Å²) in [5, 5.41) is 14.0. The number of rotatable bonds is 6. The molecular formula is C13H18N4OS2. The van der Waals surface area contributed by atoms with Crippen LogP contribution in [0.3, 0.4) is 0 Å². The van der Waals surface area contributed by atoms with E-state index >= 15 is 0 Å². The first-order chi connectivity index (χ1) is 9.61. The largest absolute Gasteiger partial charge is 0.358 e. The number of carbonyl (C=O) groups excluding carboxylic acids is 1. The van der Waals surface area contributed by atoms with Crippen LogP contribution in [0.4, 0.5) is 0 Å². The molecule has 0 spiro atoms. The molecule has 1 amide bonds. The van der Waals surface area contributed by atoms with Gasteiger partial charge in [0.15, 0.2) is 5.16 Å². The third kappa shape index (κ3) is 3.61. The van der Waals surface area contributed by atoms with E-state index in [9.17, 15) is 4.79 Å². The number of amides is 1. The zero-order valence-electron chi connectivity index (χ0n) is 11.8. The van der Waals surface area contributed by atoms with E-state index in [0.717, 1.165) is 17.4 Å². The highest BCUT2D eigenvalue weighted by Gasteiger charge is 2.16. The third-order valence-electron chi connectivity index (χ3n) is 2.78. The quantitative estimate of drug-likeness (QED) is 0.832. The molecule has 0 radical (unpaired) electrons. The van der Waals surface area contributed by atoms with Gasteiger partial charge in [-0.05, 0) is 25.3 Å². The second-order valence-electron chi connectivity index (χ2n) is 4.58. The van der Waals surface area contributed by atoms with E-state index in [1.54, 1.807) is 18.4 Å². The zero-order valence-corrected chi connectivity index (χ0v) is 13.4. The fourth-order valence-electron chi connectivity index (χ4n) is 1.82. The van der Waals surface area contributed by atoms with Crippen molar-refractivity contribution in [2.24, 2.45) is 0 Å². The maximum absolute atomic E-state index is 11.3. The molecule has 0 unspecified atom stereocenters. The van der Waals surface area contributed by atoms with Gasteiger partial charge in [-0.15, -0.1) is 21.5 Å². The standard InChI is InChI=1S/C13H18N4OS2/c1-9(2)17-11(7-10-5-4-6-19-10)15-16-13(17)20-8-12(18)14-3/h4-6,9H,7-8H2,1-3H3,(H,14,18). The van der Waals surface area contributed by atoms with Gasteiger partial charge in [0.2, 0.25) is 5.91 Å². The van der Waals surface area contributed by atoms with Crippen LogP contribution in [0.25, 0.3) is 0 Å². The molecule has 5 nitrogen and oxygen atoms in total. The molecule has 20 heavy (non-hydrogen) atoms. The van der Waals surface area contributed by atoms with E-state index in [-0.39, 0.29) is 11.9 Å². The van der Waals surface area contributed by atoms with Crippen molar-refractivity contribution < 1.29 is 4.79 Å². The summed E-state index contributed by atoms with van der Waals surface area (Å²) in [6.45, 7) is 4.20. The number of hydrogen-bond acceptors (Lipinski definition) is 5. The van der Waals surface area contributed by atoms with Crippen LogP contribution in [-0.4, -0.2) is 33.5 Å². The highest BCUT2D eigenvalue weighted by Crippen LogP contribution is 2.23. The lowest BCUT2D eigenvalue weighted by Gasteiger charge is -2.13. The van der Waals surface area contributed by atoms with E-state index in [4.69, 9.17) is 0 Å². The summed E-state index contributed by atoms with van der Waals surface area (Å²) in [5.74, 6) is 1.30. The SMILES string of the molecule is CNC(=O)CSc1nnc(Cc2cccs2)n1C(C)C. The van der Waals surface area contributed by atoms with Gasteiger partial charge in [0.1, 0.15) is 5.82 Å². The monoisotopic (exact) mass is 310 g/mol. The molecule has 0 saturated carbocycles. The number of thiophene rings is 1. The smallest absolute Gasteiger partial charge is 0.230 e. The summed E-state index contributed by atoms with van der Waals surface area (Å²) in [7, 11) is 1.64. The van der Waals surface area contributed by atoms with E-state index in [1.807, 2.05) is 6.07 Å². The molecule has 2 heterocycles. The van der Waals surface area contributed by atoms with Gasteiger partial charge in [-0.1, -0.05) is 17.8 Å². The lowest BCUT2D eigenvalue weighted by atomic mass is 10.3. The first-order valence-corrected chi connectivity index (χ1v) is 8.28. The minimum Gasteiger partial charge on any atom is -0.358 e. The molecule has 0 saturated heterocycles. The van der Waals surface area contributed by atoms with E-state index in [0.29, 0.717) is 5.75 Å². The van der Waals surface area contributed by atoms with E-state index in [1.165, 1.54) is 16.6 Å². The second-order valence-corrected chi connectivity index (χ2v) is 6.56. The third-order valence-corrected chi connectivity index (χ3v) is 4.59. The number of thioether (sulfide) groups is 1. The Labute approximate surface area is 126 Å². The Morgan fingerprint density at radius 1 is 1.50 bits per heavy atom. The first-order valence-electron chi connectivity index (χ1n) is 6.41. The molecule has 2 rings (SSSR count). The van der Waals surface area contributed by atoms with Gasteiger partial charge >= 0.3 is 0 Å². The van der Waals surface area contributed by atoms with Crippen molar-refractivity contribution in [3.05, 3.63) is 28.2 Å². The minimum absolute atomic E-state index is 0.00638. The molecule has 7 heteroatoms. The summed E-state index contributed by atoms with van der Waals surface area (Å²) in [5.41, 5.74) is 0. The van der Waals surface area contributed by atoms with Crippen LogP contribution in [0.5, 0.6) is 0 Å². The predicted molar refractivity (Wildman–Crippen MR) is 82.3 cm³/mol. The van der Waals surface area contributed by atoms with Crippen molar-refractivity contribution in [3.8, 4) is 0 Å². The van der Waals surface area contributed by atoms with Crippen LogP contribution in [0.1, 0.15) is 30.6 Å². The van der Waals surface area contributed by atoms with Crippen molar-refractivity contribution in [2.45, 2.75) is 31.5 Å². The fraction of sp³-hybridized carbons (Fsp3) is 0.462. The molecule has 0 atom stereocenters. The van der Waals surface area contributed by atoms with Crippen LogP contribution in [0.15, 0.2) is 22.7 Å². The number of hydrogen-bond donors (Lipinski definition) is 1. The molecule has 2 aromatic heterocycles. The van der Waals surface area contributed by atoms with Crippen LogP contribution >= 0.6 is 23.1 Å². The summed E-state index contributed by atoms with van der Waals surface area (Å²) in [4.78, 5) is 12.6.